The van der Waals surface area contributed by atoms with Crippen LogP contribution < -0.4 is 15.2 Å². The van der Waals surface area contributed by atoms with E-state index in [9.17, 15) is 17.2 Å². The number of hydrogen-bond acceptors (Lipinski definition) is 5. The van der Waals surface area contributed by atoms with Gasteiger partial charge in [-0.15, -0.1) is 0 Å². The summed E-state index contributed by atoms with van der Waals surface area (Å²) < 4.78 is 55.3. The Balaban J connectivity index is 2.36. The zero-order valence-electron chi connectivity index (χ0n) is 10.5. The maximum Gasteiger partial charge on any atom is 0.387 e. The number of aromatic nitrogens is 1. The van der Waals surface area contributed by atoms with Gasteiger partial charge in [-0.2, -0.15) is 8.78 Å². The molecule has 0 atom stereocenters. The third kappa shape index (κ3) is 3.57. The highest BCUT2D eigenvalue weighted by Gasteiger charge is 2.20. The largest absolute Gasteiger partial charge is 0.433 e. The molecule has 0 amide bonds. The van der Waals surface area contributed by atoms with E-state index in [-0.39, 0.29) is 22.2 Å². The van der Waals surface area contributed by atoms with Gasteiger partial charge in [0.15, 0.2) is 0 Å². The lowest BCUT2D eigenvalue weighted by Crippen LogP contribution is -2.16. The average molecular weight is 315 g/mol. The van der Waals surface area contributed by atoms with Gasteiger partial charge in [-0.3, -0.25) is 4.72 Å². The maximum atomic E-state index is 12.3. The minimum absolute atomic E-state index is 0.124. The molecule has 9 heteroatoms. The second kappa shape index (κ2) is 5.92. The Morgan fingerprint density at radius 3 is 2.57 bits per heavy atom. The number of sulfonamides is 1. The first-order chi connectivity index (χ1) is 9.90. The lowest BCUT2D eigenvalue weighted by atomic mass is 10.3. The van der Waals surface area contributed by atoms with Gasteiger partial charge < -0.3 is 10.5 Å². The van der Waals surface area contributed by atoms with Crippen molar-refractivity contribution in [1.29, 1.82) is 0 Å². The fourth-order valence-electron chi connectivity index (χ4n) is 1.58. The fraction of sp³-hybridized carbons (Fsp3) is 0.0833. The van der Waals surface area contributed by atoms with Crippen LogP contribution in [0.4, 0.5) is 20.3 Å². The van der Waals surface area contributed by atoms with E-state index >= 15 is 0 Å². The van der Waals surface area contributed by atoms with Crippen molar-refractivity contribution in [2.75, 3.05) is 10.5 Å². The number of nitrogens with zero attached hydrogens (tertiary/aromatic N) is 1. The quantitative estimate of drug-likeness (QED) is 0.881. The Morgan fingerprint density at radius 2 is 1.90 bits per heavy atom. The van der Waals surface area contributed by atoms with Crippen molar-refractivity contribution in [3.05, 3.63) is 42.6 Å². The molecule has 0 aliphatic carbocycles. The number of rotatable bonds is 5. The van der Waals surface area contributed by atoms with Crippen molar-refractivity contribution < 1.29 is 21.9 Å². The number of nitrogens with one attached hydrogen (secondary N) is 1. The Labute approximate surface area is 119 Å². The van der Waals surface area contributed by atoms with Crippen molar-refractivity contribution in [2.45, 2.75) is 11.5 Å². The van der Waals surface area contributed by atoms with Gasteiger partial charge in [0.25, 0.3) is 10.0 Å². The Kier molecular flexibility index (Phi) is 4.22. The molecule has 0 fully saturated rings. The van der Waals surface area contributed by atoms with E-state index in [0.717, 1.165) is 0 Å². The van der Waals surface area contributed by atoms with E-state index in [2.05, 4.69) is 14.4 Å². The highest BCUT2D eigenvalue weighted by Crippen LogP contribution is 2.28. The van der Waals surface area contributed by atoms with Crippen LogP contribution in [0.1, 0.15) is 0 Å². The molecule has 0 spiro atoms. The number of anilines is 2. The Morgan fingerprint density at radius 1 is 1.19 bits per heavy atom. The normalized spacial score (nSPS) is 11.4. The highest BCUT2D eigenvalue weighted by atomic mass is 32.2. The third-order valence-corrected chi connectivity index (χ3v) is 3.85. The number of ether oxygens (including phenoxy) is 1. The summed E-state index contributed by atoms with van der Waals surface area (Å²) in [5.74, 6) is -0.490. The van der Waals surface area contributed by atoms with E-state index in [1.165, 1.54) is 42.6 Å². The van der Waals surface area contributed by atoms with Crippen LogP contribution in [0.25, 0.3) is 0 Å². The van der Waals surface area contributed by atoms with Crippen LogP contribution in [-0.4, -0.2) is 20.0 Å². The van der Waals surface area contributed by atoms with Gasteiger partial charge >= 0.3 is 6.61 Å². The first kappa shape index (κ1) is 15.0. The number of nitrogen functional groups attached to an aromatic ring is 1. The molecule has 1 aromatic carbocycles. The van der Waals surface area contributed by atoms with Crippen LogP contribution in [0.2, 0.25) is 0 Å². The molecule has 1 aromatic heterocycles. The Bertz CT molecular complexity index is 738. The molecule has 0 aliphatic heterocycles. The molecule has 0 saturated carbocycles. The minimum atomic E-state index is -4.06. The van der Waals surface area contributed by atoms with Gasteiger partial charge in [-0.1, -0.05) is 12.1 Å². The third-order valence-electron chi connectivity index (χ3n) is 2.44. The van der Waals surface area contributed by atoms with Crippen LogP contribution in [0.5, 0.6) is 5.75 Å². The van der Waals surface area contributed by atoms with Crippen LogP contribution in [0, 0.1) is 0 Å². The summed E-state index contributed by atoms with van der Waals surface area (Å²) in [6.07, 6.45) is 1.34. The molecule has 2 aromatic rings. The number of para-hydroxylation sites is 2. The first-order valence-electron chi connectivity index (χ1n) is 5.67. The van der Waals surface area contributed by atoms with Crippen LogP contribution in [-0.2, 0) is 10.0 Å². The lowest BCUT2D eigenvalue weighted by Gasteiger charge is -2.13. The van der Waals surface area contributed by atoms with Crippen LogP contribution in [0.3, 0.4) is 0 Å². The van der Waals surface area contributed by atoms with Crippen molar-refractivity contribution in [1.82, 2.24) is 4.98 Å². The van der Waals surface area contributed by atoms with E-state index in [1.54, 1.807) is 0 Å². The molecule has 0 bridgehead atoms. The summed E-state index contributed by atoms with van der Waals surface area (Å²) >= 11 is 0. The molecule has 0 radical (unpaired) electrons. The van der Waals surface area contributed by atoms with Gasteiger partial charge in [-0.05, 0) is 24.3 Å². The molecule has 3 N–H and O–H groups in total. The molecule has 112 valence electrons. The van der Waals surface area contributed by atoms with E-state index in [4.69, 9.17) is 5.73 Å². The van der Waals surface area contributed by atoms with Crippen molar-refractivity contribution in [2.24, 2.45) is 0 Å². The monoisotopic (exact) mass is 315 g/mol. The maximum absolute atomic E-state index is 12.3. The number of benzene rings is 1. The number of nitrogens with two attached hydrogens (primary N) is 1. The first-order valence-corrected chi connectivity index (χ1v) is 7.15. The summed E-state index contributed by atoms with van der Waals surface area (Å²) in [6, 6.07) is 8.07. The summed E-state index contributed by atoms with van der Waals surface area (Å²) in [4.78, 5) is 3.41. The van der Waals surface area contributed by atoms with Gasteiger partial charge in [0.05, 0.1) is 5.69 Å². The number of alkyl halides is 2. The minimum Gasteiger partial charge on any atom is -0.433 e. The topological polar surface area (TPSA) is 94.3 Å². The smallest absolute Gasteiger partial charge is 0.387 e. The second-order valence-corrected chi connectivity index (χ2v) is 5.52. The molecular formula is C12H11F2N3O3S. The van der Waals surface area contributed by atoms with Gasteiger partial charge in [0, 0.05) is 6.20 Å². The highest BCUT2D eigenvalue weighted by molar-refractivity contribution is 7.92. The van der Waals surface area contributed by atoms with Gasteiger partial charge in [0.1, 0.15) is 16.5 Å². The standard InChI is InChI=1S/C12H11F2N3O3S/c13-12(14)20-9-5-2-1-4-8(9)17-21(18,19)10-6-3-7-16-11(10)15/h1-7,12,17H,(H2,15,16). The molecule has 0 saturated heterocycles. The molecule has 0 aliphatic rings. The molecule has 0 unspecified atom stereocenters. The van der Waals surface area contributed by atoms with Crippen molar-refractivity contribution in [3.8, 4) is 5.75 Å². The lowest BCUT2D eigenvalue weighted by molar-refractivity contribution is -0.0493. The molecule has 6 nitrogen and oxygen atoms in total. The van der Waals surface area contributed by atoms with E-state index < -0.39 is 16.6 Å². The predicted octanol–water partition coefficient (Wildman–Crippen LogP) is 2.07. The summed E-state index contributed by atoms with van der Waals surface area (Å²) in [7, 11) is -4.06. The summed E-state index contributed by atoms with van der Waals surface area (Å²) in [5, 5.41) is 0. The predicted molar refractivity (Wildman–Crippen MR) is 72.5 cm³/mol. The van der Waals surface area contributed by atoms with Crippen molar-refractivity contribution in [3.63, 3.8) is 0 Å². The van der Waals surface area contributed by atoms with E-state index in [0.29, 0.717) is 0 Å². The molecule has 21 heavy (non-hydrogen) atoms. The van der Waals surface area contributed by atoms with Crippen LogP contribution in [0.15, 0.2) is 47.5 Å². The fourth-order valence-corrected chi connectivity index (χ4v) is 2.73. The zero-order chi connectivity index (χ0) is 15.5. The SMILES string of the molecule is Nc1ncccc1S(=O)(=O)Nc1ccccc1OC(F)F. The zero-order valence-corrected chi connectivity index (χ0v) is 11.3. The van der Waals surface area contributed by atoms with Crippen LogP contribution >= 0.6 is 0 Å². The van der Waals surface area contributed by atoms with Gasteiger partial charge in [-0.25, -0.2) is 13.4 Å². The molecule has 2 rings (SSSR count). The molecular weight excluding hydrogens is 304 g/mol. The number of halogens is 2. The number of hydrogen-bond donors (Lipinski definition) is 2. The number of pyridine rings is 1. The Hall–Kier alpha value is -2.42. The molecule has 1 heterocycles. The summed E-state index contributed by atoms with van der Waals surface area (Å²) in [6.45, 7) is -3.07. The average Bonchev–Trinajstić information content (AvgIpc) is 2.40. The van der Waals surface area contributed by atoms with Crippen molar-refractivity contribution >= 4 is 21.5 Å². The van der Waals surface area contributed by atoms with Gasteiger partial charge in [0.2, 0.25) is 0 Å². The van der Waals surface area contributed by atoms with E-state index in [1.807, 2.05) is 0 Å². The summed E-state index contributed by atoms with van der Waals surface area (Å²) in [5.41, 5.74) is 5.37. The second-order valence-electron chi connectivity index (χ2n) is 3.87.